The van der Waals surface area contributed by atoms with E-state index in [-0.39, 0.29) is 36.4 Å². The highest BCUT2D eigenvalue weighted by Gasteiger charge is 2.52. The van der Waals surface area contributed by atoms with Crippen molar-refractivity contribution in [3.05, 3.63) is 247 Å². The lowest BCUT2D eigenvalue weighted by Crippen LogP contribution is -2.71. The maximum absolute atomic E-state index is 2.68. The average molecular weight is 1130 g/mol. The number of anilines is 6. The van der Waals surface area contributed by atoms with E-state index in [2.05, 4.69) is 320 Å². The predicted octanol–water partition coefficient (Wildman–Crippen LogP) is 14.6. The zero-order chi connectivity index (χ0) is 60.0. The Hall–Kier alpha value is -9.19. The summed E-state index contributed by atoms with van der Waals surface area (Å²) < 4.78 is 5.10. The van der Waals surface area contributed by atoms with E-state index >= 15 is 0 Å². The molecule has 0 unspecified atom stereocenters. The number of fused-ring (bicyclic) bond motifs is 16. The van der Waals surface area contributed by atoms with Crippen molar-refractivity contribution in [1.29, 1.82) is 0 Å². The molecule has 11 aromatic carbocycles. The number of rotatable bonds is 5. The summed E-state index contributed by atoms with van der Waals surface area (Å²) in [6, 6.07) is 87.8. The number of para-hydroxylation sites is 2. The minimum absolute atomic E-state index is 0.00134. The van der Waals surface area contributed by atoms with Crippen molar-refractivity contribution in [3.8, 4) is 11.4 Å². The first-order valence-corrected chi connectivity index (χ1v) is 32.0. The van der Waals surface area contributed by atoms with Gasteiger partial charge in [-0.25, -0.2) is 0 Å². The molecule has 0 spiro atoms. The molecule has 424 valence electrons. The van der Waals surface area contributed by atoms with E-state index in [1.165, 1.54) is 161 Å². The summed E-state index contributed by atoms with van der Waals surface area (Å²) in [5.41, 5.74) is 32.1. The van der Waals surface area contributed by atoms with E-state index in [4.69, 9.17) is 0 Å². The highest BCUT2D eigenvalue weighted by atomic mass is 15.2. The lowest BCUT2D eigenvalue weighted by Gasteiger charge is -2.51. The Labute approximate surface area is 519 Å². The molecule has 6 heterocycles. The summed E-state index contributed by atoms with van der Waals surface area (Å²) in [7, 11) is 0. The highest BCUT2D eigenvalue weighted by molar-refractivity contribution is 7.06. The first-order chi connectivity index (χ1) is 42.4. The Bertz CT molecular complexity index is 5030. The Balaban J connectivity index is 0.954. The van der Waals surface area contributed by atoms with Crippen LogP contribution in [0.25, 0.3) is 55.0 Å². The Kier molecular flexibility index (Phi) is 11.3. The first kappa shape index (κ1) is 53.1. The minimum Gasteiger partial charge on any atom is -0.312 e. The lowest BCUT2D eigenvalue weighted by molar-refractivity contribution is 0.590. The van der Waals surface area contributed by atoms with Gasteiger partial charge in [-0.05, 0) is 180 Å². The van der Waals surface area contributed by atoms with Crippen LogP contribution < -0.4 is 59.0 Å². The number of nitrogens with zero attached hydrogens (tertiary/aromatic N) is 4. The molecular weight excluding hydrogens is 1060 g/mol. The van der Waals surface area contributed by atoms with Crippen LogP contribution in [0.2, 0.25) is 0 Å². The molecule has 2 aromatic heterocycles. The molecule has 0 fully saturated rings. The molecule has 13 aromatic rings. The number of benzene rings is 11. The summed E-state index contributed by atoms with van der Waals surface area (Å²) >= 11 is 0. The molecule has 7 heteroatoms. The van der Waals surface area contributed by atoms with Crippen LogP contribution in [0.3, 0.4) is 0 Å². The van der Waals surface area contributed by atoms with Gasteiger partial charge < -0.3 is 18.9 Å². The van der Waals surface area contributed by atoms with E-state index in [1.807, 2.05) is 0 Å². The molecule has 88 heavy (non-hydrogen) atoms. The largest absolute Gasteiger partial charge is 0.312 e. The van der Waals surface area contributed by atoms with E-state index in [1.54, 1.807) is 0 Å². The van der Waals surface area contributed by atoms with Gasteiger partial charge in [-0.2, -0.15) is 0 Å². The SMILES string of the molecule is CC(C)c1ccc2c(c1)c1cc(C(C)(C)C)ccc1n2-c1ccc2c(c1)B(c1ccccc1)c1cc3c4c5c1N2c1ccccc1B5c1ccccc1N4c1ccc(-n2c4ccc(C(C)(C)C)cc4c4cc(C(C)(C)C)ccc42)cc1B3c1ccccc1. The summed E-state index contributed by atoms with van der Waals surface area (Å²) in [6.45, 7) is 25.4. The highest BCUT2D eigenvalue weighted by Crippen LogP contribution is 2.47. The number of aromatic nitrogens is 2. The summed E-state index contributed by atoms with van der Waals surface area (Å²) in [6.07, 6.45) is 0. The predicted molar refractivity (Wildman–Crippen MR) is 382 cm³/mol. The van der Waals surface area contributed by atoms with Crippen LogP contribution in [0.1, 0.15) is 104 Å². The van der Waals surface area contributed by atoms with Crippen molar-refractivity contribution in [1.82, 2.24) is 9.13 Å². The summed E-state index contributed by atoms with van der Waals surface area (Å²) in [4.78, 5) is 5.35. The Morgan fingerprint density at radius 3 is 1.07 bits per heavy atom. The first-order valence-electron chi connectivity index (χ1n) is 32.0. The molecule has 4 aliphatic rings. The van der Waals surface area contributed by atoms with Crippen LogP contribution in [0.4, 0.5) is 34.1 Å². The van der Waals surface area contributed by atoms with Crippen molar-refractivity contribution >= 4 is 147 Å². The molecule has 0 amide bonds. The molecule has 4 nitrogen and oxygen atoms in total. The van der Waals surface area contributed by atoms with Crippen LogP contribution >= 0.6 is 0 Å². The van der Waals surface area contributed by atoms with Crippen molar-refractivity contribution in [3.63, 3.8) is 0 Å². The normalized spacial score (nSPS) is 14.1. The third kappa shape index (κ3) is 7.61. The standard InChI is InChI=1S/C81H71B3N4/c1-49(2)50-30-36-68-58(42-50)59-43-51(79(3,4)5)31-37-69(59)85(68)56-34-40-74-64(46-56)82(54-22-14-12-15-23-54)66-48-67-78-76-77(66)87(74)72-28-20-18-26-62(72)84(76)63-27-19-21-29-73(63)88(78)75-41-35-57(47-65(75)83(67)55-24-16-13-17-25-55)86-70-38-32-52(80(6,7)8)44-60(70)61-45-53(81(9,10)11)33-39-71(61)86/h12-49H,1-11H3. The van der Waals surface area contributed by atoms with Gasteiger partial charge in [0.1, 0.15) is 0 Å². The molecule has 0 radical (unpaired) electrons. The van der Waals surface area contributed by atoms with Gasteiger partial charge in [-0.15, -0.1) is 0 Å². The molecule has 0 atom stereocenters. The van der Waals surface area contributed by atoms with Gasteiger partial charge in [0.05, 0.1) is 22.1 Å². The van der Waals surface area contributed by atoms with Gasteiger partial charge in [0, 0.05) is 67.0 Å². The third-order valence-corrected chi connectivity index (χ3v) is 20.4. The molecule has 0 saturated heterocycles. The number of hydrogen-bond donors (Lipinski definition) is 0. The van der Waals surface area contributed by atoms with Crippen LogP contribution in [0, 0.1) is 0 Å². The zero-order valence-electron chi connectivity index (χ0n) is 52.5. The zero-order valence-corrected chi connectivity index (χ0v) is 52.5. The monoisotopic (exact) mass is 1130 g/mol. The lowest BCUT2D eigenvalue weighted by atomic mass is 9.26. The average Bonchev–Trinajstić information content (AvgIpc) is 0.884. The van der Waals surface area contributed by atoms with Gasteiger partial charge >= 0.3 is 0 Å². The fourth-order valence-electron chi connectivity index (χ4n) is 16.0. The van der Waals surface area contributed by atoms with Crippen molar-refractivity contribution in [2.45, 2.75) is 98.3 Å². The van der Waals surface area contributed by atoms with E-state index in [0.717, 1.165) is 0 Å². The second-order valence-corrected chi connectivity index (χ2v) is 29.1. The maximum atomic E-state index is 2.68. The van der Waals surface area contributed by atoms with Gasteiger partial charge in [0.2, 0.25) is 13.4 Å². The molecule has 17 rings (SSSR count). The Morgan fingerprint density at radius 2 is 0.670 bits per heavy atom. The molecule has 0 saturated carbocycles. The fourth-order valence-corrected chi connectivity index (χ4v) is 16.0. The van der Waals surface area contributed by atoms with E-state index in [9.17, 15) is 0 Å². The molecule has 0 bridgehead atoms. The second-order valence-electron chi connectivity index (χ2n) is 29.1. The Morgan fingerprint density at radius 1 is 0.307 bits per heavy atom. The fraction of sp³-hybridized carbons (Fsp3) is 0.185. The van der Waals surface area contributed by atoms with Crippen LogP contribution in [0.5, 0.6) is 0 Å². The van der Waals surface area contributed by atoms with Crippen molar-refractivity contribution < 1.29 is 0 Å². The van der Waals surface area contributed by atoms with Gasteiger partial charge in [0.25, 0.3) is 6.71 Å². The maximum Gasteiger partial charge on any atom is 0.252 e. The molecule has 4 aliphatic heterocycles. The van der Waals surface area contributed by atoms with Crippen molar-refractivity contribution in [2.24, 2.45) is 0 Å². The molecule has 0 aliphatic carbocycles. The third-order valence-electron chi connectivity index (χ3n) is 20.4. The van der Waals surface area contributed by atoms with Gasteiger partial charge in [-0.3, -0.25) is 0 Å². The van der Waals surface area contributed by atoms with Crippen molar-refractivity contribution in [2.75, 3.05) is 9.80 Å². The van der Waals surface area contributed by atoms with E-state index in [0.29, 0.717) is 5.92 Å². The van der Waals surface area contributed by atoms with Crippen LogP contribution in [-0.4, -0.2) is 29.3 Å². The van der Waals surface area contributed by atoms with Gasteiger partial charge in [-0.1, -0.05) is 214 Å². The quantitative estimate of drug-likeness (QED) is 0.160. The van der Waals surface area contributed by atoms with Gasteiger partial charge in [0.15, 0.2) is 0 Å². The summed E-state index contributed by atoms with van der Waals surface area (Å²) in [5, 5.41) is 5.20. The number of hydrogen-bond acceptors (Lipinski definition) is 2. The minimum atomic E-state index is -0.0935. The molecular formula is C81H71B3N4. The van der Waals surface area contributed by atoms with Crippen LogP contribution in [-0.2, 0) is 16.2 Å². The second kappa shape index (κ2) is 18.7. The van der Waals surface area contributed by atoms with Crippen LogP contribution in [0.15, 0.2) is 224 Å². The summed E-state index contributed by atoms with van der Waals surface area (Å²) in [5.74, 6) is 0.411. The smallest absolute Gasteiger partial charge is 0.252 e. The van der Waals surface area contributed by atoms with E-state index < -0.39 is 0 Å². The molecule has 0 N–H and O–H groups in total. The topological polar surface area (TPSA) is 16.3 Å².